The van der Waals surface area contributed by atoms with Crippen molar-refractivity contribution in [1.82, 2.24) is 10.2 Å². The van der Waals surface area contributed by atoms with Gasteiger partial charge in [0, 0.05) is 32.5 Å². The maximum absolute atomic E-state index is 11.6. The Balaban J connectivity index is 2.57. The summed E-state index contributed by atoms with van der Waals surface area (Å²) in [5.74, 6) is -0.714. The van der Waals surface area contributed by atoms with E-state index in [-0.39, 0.29) is 5.91 Å². The number of methoxy groups -OCH3 is 1. The molecule has 1 amide bonds. The van der Waals surface area contributed by atoms with Crippen LogP contribution < -0.4 is 5.32 Å². The zero-order valence-corrected chi connectivity index (χ0v) is 10.8. The Morgan fingerprint density at radius 2 is 2.22 bits per heavy atom. The van der Waals surface area contributed by atoms with Crippen LogP contribution in [0.5, 0.6) is 0 Å². The number of carbonyl (C=O) groups excluding carboxylic acids is 2. The second-order valence-electron chi connectivity index (χ2n) is 4.41. The Labute approximate surface area is 107 Å². The van der Waals surface area contributed by atoms with Crippen molar-refractivity contribution in [3.8, 4) is 6.07 Å². The van der Waals surface area contributed by atoms with Crippen LogP contribution in [0.3, 0.4) is 0 Å². The molecule has 0 spiro atoms. The van der Waals surface area contributed by atoms with Crippen molar-refractivity contribution in [3.63, 3.8) is 0 Å². The number of nitrogens with zero attached hydrogens (tertiary/aromatic N) is 2. The minimum Gasteiger partial charge on any atom is -0.467 e. The van der Waals surface area contributed by atoms with Gasteiger partial charge < -0.3 is 10.1 Å². The lowest BCUT2D eigenvalue weighted by Gasteiger charge is -2.25. The molecule has 0 bridgehead atoms. The van der Waals surface area contributed by atoms with Gasteiger partial charge in [-0.1, -0.05) is 0 Å². The molecular formula is C12H19N3O3. The highest BCUT2D eigenvalue weighted by Gasteiger charge is 2.32. The zero-order valence-electron chi connectivity index (χ0n) is 10.8. The van der Waals surface area contributed by atoms with Gasteiger partial charge >= 0.3 is 5.97 Å². The maximum atomic E-state index is 11.6. The summed E-state index contributed by atoms with van der Waals surface area (Å²) in [5.41, 5.74) is 0. The van der Waals surface area contributed by atoms with E-state index in [1.165, 1.54) is 14.0 Å². The molecule has 1 saturated carbocycles. The molecule has 0 aromatic rings. The standard InChI is InChI=1S/C12H19N3O3/c1-9(16)14-11(12(17)18-2)8-15(7-3-6-13)10-4-5-10/h10-11H,3-5,7-8H2,1-2H3,(H,14,16). The van der Waals surface area contributed by atoms with Gasteiger partial charge in [0.1, 0.15) is 6.04 Å². The summed E-state index contributed by atoms with van der Waals surface area (Å²) in [6.45, 7) is 2.39. The molecule has 1 rings (SSSR count). The molecule has 1 atom stereocenters. The average Bonchev–Trinajstić information content (AvgIpc) is 3.15. The number of nitriles is 1. The van der Waals surface area contributed by atoms with Gasteiger partial charge in [-0.15, -0.1) is 0 Å². The van der Waals surface area contributed by atoms with Gasteiger partial charge in [-0.25, -0.2) is 4.79 Å². The molecule has 18 heavy (non-hydrogen) atoms. The fourth-order valence-electron chi connectivity index (χ4n) is 1.86. The number of carbonyl (C=O) groups is 2. The summed E-state index contributed by atoms with van der Waals surface area (Å²) in [7, 11) is 1.30. The van der Waals surface area contributed by atoms with Gasteiger partial charge in [0.05, 0.1) is 13.2 Å². The van der Waals surface area contributed by atoms with E-state index in [2.05, 4.69) is 21.0 Å². The van der Waals surface area contributed by atoms with Crippen LogP contribution in [0.4, 0.5) is 0 Å². The first-order valence-electron chi connectivity index (χ1n) is 6.04. The number of amides is 1. The van der Waals surface area contributed by atoms with Crippen LogP contribution in [0.1, 0.15) is 26.2 Å². The number of hydrogen-bond acceptors (Lipinski definition) is 5. The molecule has 0 saturated heterocycles. The van der Waals surface area contributed by atoms with Crippen molar-refractivity contribution in [2.24, 2.45) is 0 Å². The molecule has 0 aromatic heterocycles. The second-order valence-corrected chi connectivity index (χ2v) is 4.41. The lowest BCUT2D eigenvalue weighted by Crippen LogP contribution is -2.49. The summed E-state index contributed by atoms with van der Waals surface area (Å²) in [6, 6.07) is 1.86. The minimum absolute atomic E-state index is 0.263. The first kappa shape index (κ1) is 14.5. The normalized spacial score (nSPS) is 15.9. The maximum Gasteiger partial charge on any atom is 0.329 e. The summed E-state index contributed by atoms with van der Waals surface area (Å²) in [6.07, 6.45) is 2.59. The van der Waals surface area contributed by atoms with Crippen molar-refractivity contribution in [2.45, 2.75) is 38.3 Å². The van der Waals surface area contributed by atoms with Crippen LogP contribution in [0.2, 0.25) is 0 Å². The number of nitrogens with one attached hydrogen (secondary N) is 1. The molecule has 1 aliphatic rings. The van der Waals surface area contributed by atoms with E-state index in [0.29, 0.717) is 25.6 Å². The van der Waals surface area contributed by atoms with Gasteiger partial charge in [-0.3, -0.25) is 9.69 Å². The van der Waals surface area contributed by atoms with Crippen LogP contribution in [-0.2, 0) is 14.3 Å². The third-order valence-corrected chi connectivity index (χ3v) is 2.85. The fourth-order valence-corrected chi connectivity index (χ4v) is 1.86. The van der Waals surface area contributed by atoms with E-state index < -0.39 is 12.0 Å². The highest BCUT2D eigenvalue weighted by Crippen LogP contribution is 2.27. The van der Waals surface area contributed by atoms with Crippen LogP contribution >= 0.6 is 0 Å². The highest BCUT2D eigenvalue weighted by molar-refractivity contribution is 5.83. The molecule has 1 fully saturated rings. The third kappa shape index (κ3) is 4.72. The Kier molecular flexibility index (Phi) is 5.59. The SMILES string of the molecule is COC(=O)C(CN(CCC#N)C1CC1)NC(C)=O. The quantitative estimate of drug-likeness (QED) is 0.648. The molecule has 0 aliphatic heterocycles. The Bertz CT molecular complexity index is 347. The summed E-state index contributed by atoms with van der Waals surface area (Å²) in [5, 5.41) is 11.2. The van der Waals surface area contributed by atoms with E-state index in [1.807, 2.05) is 0 Å². The lowest BCUT2D eigenvalue weighted by atomic mass is 10.2. The van der Waals surface area contributed by atoms with Crippen LogP contribution in [0.15, 0.2) is 0 Å². The molecule has 6 heteroatoms. The molecule has 1 aliphatic carbocycles. The van der Waals surface area contributed by atoms with E-state index >= 15 is 0 Å². The summed E-state index contributed by atoms with van der Waals surface area (Å²) < 4.78 is 4.67. The molecule has 1 unspecified atom stereocenters. The molecule has 1 N–H and O–H groups in total. The third-order valence-electron chi connectivity index (χ3n) is 2.85. The van der Waals surface area contributed by atoms with Crippen LogP contribution in [0.25, 0.3) is 0 Å². The van der Waals surface area contributed by atoms with E-state index in [4.69, 9.17) is 5.26 Å². The minimum atomic E-state index is -0.660. The topological polar surface area (TPSA) is 82.4 Å². The molecular weight excluding hydrogens is 234 g/mol. The van der Waals surface area contributed by atoms with Gasteiger partial charge in [0.25, 0.3) is 0 Å². The van der Waals surface area contributed by atoms with Gasteiger partial charge in [0.15, 0.2) is 0 Å². The second kappa shape index (κ2) is 6.97. The Morgan fingerprint density at radius 1 is 1.56 bits per heavy atom. The van der Waals surface area contributed by atoms with Gasteiger partial charge in [-0.2, -0.15) is 5.26 Å². The summed E-state index contributed by atoms with van der Waals surface area (Å²) >= 11 is 0. The van der Waals surface area contributed by atoms with Crippen LogP contribution in [0, 0.1) is 11.3 Å². The smallest absolute Gasteiger partial charge is 0.329 e. The highest BCUT2D eigenvalue weighted by atomic mass is 16.5. The van der Waals surface area contributed by atoms with Crippen LogP contribution in [-0.4, -0.2) is 49.1 Å². The molecule has 0 radical (unpaired) electrons. The molecule has 6 nitrogen and oxygen atoms in total. The van der Waals surface area contributed by atoms with Gasteiger partial charge in [-0.05, 0) is 12.8 Å². The molecule has 0 heterocycles. The van der Waals surface area contributed by atoms with E-state index in [9.17, 15) is 9.59 Å². The number of ether oxygens (including phenoxy) is 1. The van der Waals surface area contributed by atoms with Gasteiger partial charge in [0.2, 0.25) is 5.91 Å². The fraction of sp³-hybridized carbons (Fsp3) is 0.750. The zero-order chi connectivity index (χ0) is 13.5. The number of hydrogen-bond donors (Lipinski definition) is 1. The molecule has 100 valence electrons. The number of esters is 1. The first-order valence-corrected chi connectivity index (χ1v) is 6.04. The van der Waals surface area contributed by atoms with E-state index in [0.717, 1.165) is 12.8 Å². The predicted molar refractivity (Wildman–Crippen MR) is 64.4 cm³/mol. The lowest BCUT2D eigenvalue weighted by molar-refractivity contribution is -0.145. The van der Waals surface area contributed by atoms with E-state index in [1.54, 1.807) is 0 Å². The van der Waals surface area contributed by atoms with Crippen molar-refractivity contribution < 1.29 is 14.3 Å². The molecule has 0 aromatic carbocycles. The predicted octanol–water partition coefficient (Wildman–Crippen LogP) is 0.0422. The Morgan fingerprint density at radius 3 is 2.67 bits per heavy atom. The van der Waals surface area contributed by atoms with Crippen molar-refractivity contribution >= 4 is 11.9 Å². The average molecular weight is 253 g/mol. The van der Waals surface area contributed by atoms with Crippen molar-refractivity contribution in [2.75, 3.05) is 20.2 Å². The van der Waals surface area contributed by atoms with Crippen molar-refractivity contribution in [3.05, 3.63) is 0 Å². The van der Waals surface area contributed by atoms with Crippen molar-refractivity contribution in [1.29, 1.82) is 5.26 Å². The number of rotatable bonds is 7. The largest absolute Gasteiger partial charge is 0.467 e. The summed E-state index contributed by atoms with van der Waals surface area (Å²) in [4.78, 5) is 24.7. The Hall–Kier alpha value is -1.61. The monoisotopic (exact) mass is 253 g/mol. The first-order chi connectivity index (χ1) is 8.58.